The van der Waals surface area contributed by atoms with Crippen LogP contribution < -0.4 is 0 Å². The maximum absolute atomic E-state index is 10.7. The Kier molecular flexibility index (Phi) is 5.58. The van der Waals surface area contributed by atoms with Crippen LogP contribution in [0.15, 0.2) is 41.6 Å². The number of hydrogen-bond donors (Lipinski definition) is 1. The van der Waals surface area contributed by atoms with Gasteiger partial charge in [-0.1, -0.05) is 75.5 Å². The van der Waals surface area contributed by atoms with Gasteiger partial charge < -0.3 is 5.11 Å². The molecule has 0 bridgehead atoms. The SMILES string of the molecule is C[Si](C)(C)C#C/C=C(/C(O)c1ccccc1)[Si](C)(C)C. The molecule has 1 nitrogen and oxygen atoms in total. The number of benzene rings is 1. The highest BCUT2D eigenvalue weighted by Crippen LogP contribution is 2.28. The van der Waals surface area contributed by atoms with Crippen LogP contribution in [0.1, 0.15) is 11.7 Å². The molecule has 0 amide bonds. The van der Waals surface area contributed by atoms with Gasteiger partial charge in [0.15, 0.2) is 0 Å². The van der Waals surface area contributed by atoms with Crippen molar-refractivity contribution in [1.29, 1.82) is 0 Å². The van der Waals surface area contributed by atoms with Crippen LogP contribution in [0.3, 0.4) is 0 Å². The minimum Gasteiger partial charge on any atom is -0.384 e. The molecule has 1 atom stereocenters. The Bertz CT molecular complexity index is 522. The van der Waals surface area contributed by atoms with Crippen molar-refractivity contribution in [3.05, 3.63) is 47.2 Å². The first-order valence-electron chi connectivity index (χ1n) is 7.07. The topological polar surface area (TPSA) is 20.2 Å². The molecule has 1 unspecified atom stereocenters. The molecule has 1 N–H and O–H groups in total. The van der Waals surface area contributed by atoms with Crippen LogP contribution in [-0.2, 0) is 0 Å². The molecule has 1 rings (SSSR count). The first-order valence-corrected chi connectivity index (χ1v) is 14.1. The second-order valence-corrected chi connectivity index (χ2v) is 17.0. The molecule has 0 fully saturated rings. The molecule has 0 aliphatic carbocycles. The predicted octanol–water partition coefficient (Wildman–Crippen LogP) is 4.40. The van der Waals surface area contributed by atoms with Crippen molar-refractivity contribution >= 4 is 16.1 Å². The number of hydrogen-bond acceptors (Lipinski definition) is 1. The summed E-state index contributed by atoms with van der Waals surface area (Å²) in [4.78, 5) is 0. The molecule has 3 heteroatoms. The van der Waals surface area contributed by atoms with Gasteiger partial charge in [-0.05, 0) is 16.8 Å². The van der Waals surface area contributed by atoms with Crippen molar-refractivity contribution in [2.24, 2.45) is 0 Å². The fraction of sp³-hybridized carbons (Fsp3) is 0.412. The first-order chi connectivity index (χ1) is 9.11. The standard InChI is InChI=1S/C17H26OSi2/c1-19(2,3)14-10-13-16(20(4,5)6)17(18)15-11-8-7-9-12-15/h7-9,11-13,17-18H,1-6H3/b16-13-. The van der Waals surface area contributed by atoms with E-state index in [9.17, 15) is 5.11 Å². The van der Waals surface area contributed by atoms with Crippen molar-refractivity contribution in [3.63, 3.8) is 0 Å². The predicted molar refractivity (Wildman–Crippen MR) is 94.0 cm³/mol. The average molecular weight is 303 g/mol. The third kappa shape index (κ3) is 5.50. The zero-order chi connectivity index (χ0) is 15.4. The molecular formula is C17H26OSi2. The van der Waals surface area contributed by atoms with E-state index in [1.54, 1.807) is 0 Å². The smallest absolute Gasteiger partial charge is 0.129 e. The van der Waals surface area contributed by atoms with Gasteiger partial charge >= 0.3 is 0 Å². The minimum absolute atomic E-state index is 0.529. The quantitative estimate of drug-likeness (QED) is 0.648. The van der Waals surface area contributed by atoms with Crippen molar-refractivity contribution in [2.75, 3.05) is 0 Å². The second kappa shape index (κ2) is 6.58. The van der Waals surface area contributed by atoms with Crippen molar-refractivity contribution in [1.82, 2.24) is 0 Å². The fourth-order valence-electron chi connectivity index (χ4n) is 1.85. The van der Waals surface area contributed by atoms with Gasteiger partial charge in [0, 0.05) is 0 Å². The summed E-state index contributed by atoms with van der Waals surface area (Å²) in [7, 11) is -2.97. The van der Waals surface area contributed by atoms with E-state index in [2.05, 4.69) is 50.7 Å². The van der Waals surface area contributed by atoms with Gasteiger partial charge in [-0.25, -0.2) is 0 Å². The van der Waals surface area contributed by atoms with Crippen LogP contribution in [0.4, 0.5) is 0 Å². The number of rotatable bonds is 3. The Morgan fingerprint density at radius 2 is 1.60 bits per heavy atom. The maximum Gasteiger partial charge on any atom is 0.129 e. The van der Waals surface area contributed by atoms with Crippen molar-refractivity contribution in [3.8, 4) is 11.5 Å². The second-order valence-electron chi connectivity index (χ2n) is 7.18. The fourth-order valence-corrected chi connectivity index (χ4v) is 3.85. The van der Waals surface area contributed by atoms with Crippen LogP contribution in [0, 0.1) is 11.5 Å². The average Bonchev–Trinajstić information content (AvgIpc) is 2.32. The van der Waals surface area contributed by atoms with Gasteiger partial charge in [0.1, 0.15) is 8.07 Å². The lowest BCUT2D eigenvalue weighted by Gasteiger charge is -2.25. The molecule has 0 aliphatic rings. The van der Waals surface area contributed by atoms with Crippen molar-refractivity contribution < 1.29 is 5.11 Å². The molecule has 1 aromatic carbocycles. The Balaban J connectivity index is 3.14. The molecule has 1 aromatic rings. The molecule has 0 heterocycles. The summed E-state index contributed by atoms with van der Waals surface area (Å²) < 4.78 is 0. The summed E-state index contributed by atoms with van der Waals surface area (Å²) in [6.07, 6.45) is 1.45. The van der Waals surface area contributed by atoms with Gasteiger partial charge in [-0.2, -0.15) is 0 Å². The monoisotopic (exact) mass is 302 g/mol. The molecule has 0 aromatic heterocycles. The normalized spacial score (nSPS) is 14.4. The highest BCUT2D eigenvalue weighted by atomic mass is 28.3. The van der Waals surface area contributed by atoms with Gasteiger partial charge in [-0.3, -0.25) is 0 Å². The summed E-state index contributed by atoms with van der Waals surface area (Å²) in [6.45, 7) is 13.4. The molecule has 0 saturated carbocycles. The molecule has 0 saturated heterocycles. The molecule has 20 heavy (non-hydrogen) atoms. The van der Waals surface area contributed by atoms with Crippen LogP contribution in [0.2, 0.25) is 39.3 Å². The van der Waals surface area contributed by atoms with E-state index in [0.717, 1.165) is 10.8 Å². The van der Waals surface area contributed by atoms with Crippen LogP contribution >= 0.6 is 0 Å². The summed E-state index contributed by atoms with van der Waals surface area (Å²) in [6, 6.07) is 9.86. The van der Waals surface area contributed by atoms with E-state index in [-0.39, 0.29) is 0 Å². The summed E-state index contributed by atoms with van der Waals surface area (Å²) in [5, 5.41) is 11.8. The van der Waals surface area contributed by atoms with Gasteiger partial charge in [0.05, 0.1) is 14.2 Å². The van der Waals surface area contributed by atoms with E-state index in [0.29, 0.717) is 0 Å². The molecular weight excluding hydrogens is 276 g/mol. The number of allylic oxidation sites excluding steroid dienone is 1. The van der Waals surface area contributed by atoms with Crippen LogP contribution in [0.25, 0.3) is 0 Å². The number of aliphatic hydroxyl groups is 1. The third-order valence-electron chi connectivity index (χ3n) is 2.95. The van der Waals surface area contributed by atoms with E-state index in [1.165, 1.54) is 0 Å². The summed E-state index contributed by atoms with van der Waals surface area (Å²) in [5.74, 6) is 3.21. The highest BCUT2D eigenvalue weighted by Gasteiger charge is 2.26. The number of aliphatic hydroxyl groups excluding tert-OH is 1. The van der Waals surface area contributed by atoms with E-state index in [1.807, 2.05) is 36.4 Å². The van der Waals surface area contributed by atoms with Crippen LogP contribution in [0.5, 0.6) is 0 Å². The third-order valence-corrected chi connectivity index (χ3v) is 5.99. The zero-order valence-corrected chi connectivity index (χ0v) is 15.5. The highest BCUT2D eigenvalue weighted by molar-refractivity contribution is 6.84. The Hall–Kier alpha value is -1.09. The largest absolute Gasteiger partial charge is 0.384 e. The lowest BCUT2D eigenvalue weighted by atomic mass is 10.1. The van der Waals surface area contributed by atoms with Crippen LogP contribution in [-0.4, -0.2) is 21.3 Å². The van der Waals surface area contributed by atoms with E-state index < -0.39 is 22.3 Å². The van der Waals surface area contributed by atoms with E-state index in [4.69, 9.17) is 0 Å². The molecule has 108 valence electrons. The van der Waals surface area contributed by atoms with Gasteiger partial charge in [0.25, 0.3) is 0 Å². The molecule has 0 aliphatic heterocycles. The van der Waals surface area contributed by atoms with E-state index >= 15 is 0 Å². The lowest BCUT2D eigenvalue weighted by molar-refractivity contribution is 0.222. The van der Waals surface area contributed by atoms with Crippen molar-refractivity contribution in [2.45, 2.75) is 45.4 Å². The summed E-state index contributed by atoms with van der Waals surface area (Å²) >= 11 is 0. The molecule has 0 radical (unpaired) electrons. The van der Waals surface area contributed by atoms with Gasteiger partial charge in [0.2, 0.25) is 0 Å². The maximum atomic E-state index is 10.7. The Morgan fingerprint density at radius 3 is 2.05 bits per heavy atom. The molecule has 0 spiro atoms. The zero-order valence-electron chi connectivity index (χ0n) is 13.5. The minimum atomic E-state index is -1.60. The van der Waals surface area contributed by atoms with Gasteiger partial charge in [-0.15, -0.1) is 5.54 Å². The first kappa shape index (κ1) is 17.0. The summed E-state index contributed by atoms with van der Waals surface area (Å²) in [5.41, 5.74) is 4.31. The lowest BCUT2D eigenvalue weighted by Crippen LogP contribution is -2.28. The Morgan fingerprint density at radius 1 is 1.05 bits per heavy atom. The Labute approximate surface area is 125 Å².